The van der Waals surface area contributed by atoms with Crippen LogP contribution in [0, 0.1) is 0 Å². The Morgan fingerprint density at radius 2 is 1.50 bits per heavy atom. The summed E-state index contributed by atoms with van der Waals surface area (Å²) >= 11 is 0. The number of aryl methyl sites for hydroxylation is 1. The van der Waals surface area contributed by atoms with E-state index < -0.39 is 0 Å². The smallest absolute Gasteiger partial charge is 0.0774 e. The highest BCUT2D eigenvalue weighted by Crippen LogP contribution is 2.00. The van der Waals surface area contributed by atoms with E-state index in [1.807, 2.05) is 0 Å². The molecule has 0 N–H and O–H groups in total. The van der Waals surface area contributed by atoms with E-state index in [0.29, 0.717) is 6.71 Å². The summed E-state index contributed by atoms with van der Waals surface area (Å²) in [5, 5.41) is 0. The third-order valence-electron chi connectivity index (χ3n) is 3.20. The first kappa shape index (κ1) is 11.0. The van der Waals surface area contributed by atoms with Crippen molar-refractivity contribution in [3.8, 4) is 0 Å². The maximum absolute atomic E-state index is 2.28. The minimum Gasteiger partial charge on any atom is -0.0774 e. The quantitative estimate of drug-likeness (QED) is 0.680. The Morgan fingerprint density at radius 3 is 2.19 bits per heavy atom. The molecule has 80 valence electrons. The summed E-state index contributed by atoms with van der Waals surface area (Å²) in [6.07, 6.45) is 1.10. The molecule has 2 aromatic rings. The second-order valence-electron chi connectivity index (χ2n) is 4.18. The molecule has 0 aromatic heterocycles. The van der Waals surface area contributed by atoms with Crippen molar-refractivity contribution < 1.29 is 0 Å². The average molecular weight is 208 g/mol. The molecule has 0 saturated carbocycles. The lowest BCUT2D eigenvalue weighted by Crippen LogP contribution is -2.40. The van der Waals surface area contributed by atoms with Gasteiger partial charge in [-0.15, -0.1) is 0 Å². The second kappa shape index (κ2) is 5.02. The van der Waals surface area contributed by atoms with E-state index in [0.717, 1.165) is 6.42 Å². The highest BCUT2D eigenvalue weighted by atomic mass is 14.0. The van der Waals surface area contributed by atoms with E-state index in [1.54, 1.807) is 0 Å². The van der Waals surface area contributed by atoms with Crippen molar-refractivity contribution in [3.63, 3.8) is 0 Å². The maximum Gasteiger partial charge on any atom is 0.206 e. The van der Waals surface area contributed by atoms with Crippen LogP contribution in [-0.4, -0.2) is 6.71 Å². The molecular weight excluding hydrogens is 191 g/mol. The Labute approximate surface area is 98.4 Å². The van der Waals surface area contributed by atoms with Gasteiger partial charge in [-0.05, 0) is 6.42 Å². The molecular formula is C15H17B. The van der Waals surface area contributed by atoms with Gasteiger partial charge < -0.3 is 0 Å². The van der Waals surface area contributed by atoms with Crippen LogP contribution in [-0.2, 0) is 6.42 Å². The standard InChI is InChI=1S/C15H17B/c1-3-13-9-7-8-12-15(13)16(2)14-10-5-4-6-11-14/h4-12H,3H2,1-2H3. The Morgan fingerprint density at radius 1 is 0.875 bits per heavy atom. The van der Waals surface area contributed by atoms with Gasteiger partial charge in [-0.3, -0.25) is 0 Å². The Kier molecular flexibility index (Phi) is 3.45. The van der Waals surface area contributed by atoms with Gasteiger partial charge in [0.1, 0.15) is 0 Å². The fraction of sp³-hybridized carbons (Fsp3) is 0.200. The summed E-state index contributed by atoms with van der Waals surface area (Å²) in [5.74, 6) is 0. The lowest BCUT2D eigenvalue weighted by Gasteiger charge is -2.13. The molecule has 0 saturated heterocycles. The van der Waals surface area contributed by atoms with Crippen LogP contribution in [0.25, 0.3) is 0 Å². The highest BCUT2D eigenvalue weighted by Gasteiger charge is 2.14. The third-order valence-corrected chi connectivity index (χ3v) is 3.20. The number of hydrogen-bond acceptors (Lipinski definition) is 0. The zero-order valence-corrected chi connectivity index (χ0v) is 9.98. The first-order valence-electron chi connectivity index (χ1n) is 5.95. The van der Waals surface area contributed by atoms with Crippen LogP contribution >= 0.6 is 0 Å². The van der Waals surface area contributed by atoms with Gasteiger partial charge in [0, 0.05) is 0 Å². The van der Waals surface area contributed by atoms with Crippen LogP contribution in [0.1, 0.15) is 12.5 Å². The normalized spacial score (nSPS) is 10.1. The molecule has 1 heteroatoms. The zero-order valence-electron chi connectivity index (χ0n) is 9.98. The third kappa shape index (κ3) is 2.19. The van der Waals surface area contributed by atoms with Gasteiger partial charge in [0.05, 0.1) is 0 Å². The summed E-state index contributed by atoms with van der Waals surface area (Å²) in [5.41, 5.74) is 4.30. The van der Waals surface area contributed by atoms with E-state index in [4.69, 9.17) is 0 Å². The molecule has 0 aliphatic carbocycles. The van der Waals surface area contributed by atoms with Gasteiger partial charge in [-0.25, -0.2) is 0 Å². The van der Waals surface area contributed by atoms with Gasteiger partial charge in [0.2, 0.25) is 6.71 Å². The first-order valence-corrected chi connectivity index (χ1v) is 5.95. The van der Waals surface area contributed by atoms with E-state index in [1.165, 1.54) is 16.5 Å². The van der Waals surface area contributed by atoms with Gasteiger partial charge in [0.15, 0.2) is 0 Å². The van der Waals surface area contributed by atoms with Crippen LogP contribution in [0.2, 0.25) is 6.82 Å². The Hall–Kier alpha value is -1.50. The molecule has 0 radical (unpaired) electrons. The van der Waals surface area contributed by atoms with Gasteiger partial charge in [-0.2, -0.15) is 0 Å². The molecule has 2 rings (SSSR count). The molecule has 0 nitrogen and oxygen atoms in total. The van der Waals surface area contributed by atoms with Crippen molar-refractivity contribution >= 4 is 17.6 Å². The topological polar surface area (TPSA) is 0 Å². The number of rotatable bonds is 3. The molecule has 0 aliphatic heterocycles. The molecule has 2 aromatic carbocycles. The van der Waals surface area contributed by atoms with Crippen molar-refractivity contribution in [2.45, 2.75) is 20.2 Å². The molecule has 0 bridgehead atoms. The SMILES string of the molecule is CCc1ccccc1B(C)c1ccccc1. The van der Waals surface area contributed by atoms with Crippen LogP contribution in [0.15, 0.2) is 54.6 Å². The molecule has 0 atom stereocenters. The summed E-state index contributed by atoms with van der Waals surface area (Å²) in [6.45, 7) is 4.98. The first-order chi connectivity index (χ1) is 7.83. The fourth-order valence-corrected chi connectivity index (χ4v) is 2.20. The van der Waals surface area contributed by atoms with Crippen LogP contribution in [0.4, 0.5) is 0 Å². The van der Waals surface area contributed by atoms with Crippen molar-refractivity contribution in [1.82, 2.24) is 0 Å². The molecule has 0 amide bonds. The van der Waals surface area contributed by atoms with E-state index in [9.17, 15) is 0 Å². The van der Waals surface area contributed by atoms with Gasteiger partial charge in [0.25, 0.3) is 0 Å². The predicted molar refractivity (Wildman–Crippen MR) is 73.1 cm³/mol. The minimum absolute atomic E-state index is 0.484. The van der Waals surface area contributed by atoms with Crippen LogP contribution in [0.5, 0.6) is 0 Å². The largest absolute Gasteiger partial charge is 0.206 e. The van der Waals surface area contributed by atoms with Crippen molar-refractivity contribution in [2.75, 3.05) is 0 Å². The summed E-state index contributed by atoms with van der Waals surface area (Å²) < 4.78 is 0. The Bertz CT molecular complexity index is 448. The molecule has 0 unspecified atom stereocenters. The number of hydrogen-bond donors (Lipinski definition) is 0. The average Bonchev–Trinajstić information content (AvgIpc) is 2.39. The van der Waals surface area contributed by atoms with E-state index in [-0.39, 0.29) is 0 Å². The van der Waals surface area contributed by atoms with Gasteiger partial charge in [-0.1, -0.05) is 84.8 Å². The predicted octanol–water partition coefficient (Wildman–Crippen LogP) is 2.49. The lowest BCUT2D eigenvalue weighted by atomic mass is 9.42. The van der Waals surface area contributed by atoms with Crippen LogP contribution < -0.4 is 10.9 Å². The highest BCUT2D eigenvalue weighted by molar-refractivity contribution is 6.84. The summed E-state index contributed by atoms with van der Waals surface area (Å²) in [4.78, 5) is 0. The minimum atomic E-state index is 0.484. The zero-order chi connectivity index (χ0) is 11.4. The Balaban J connectivity index is 2.37. The molecule has 0 fully saturated rings. The molecule has 16 heavy (non-hydrogen) atoms. The summed E-state index contributed by atoms with van der Waals surface area (Å²) in [6, 6.07) is 19.4. The lowest BCUT2D eigenvalue weighted by molar-refractivity contribution is 1.15. The number of benzene rings is 2. The van der Waals surface area contributed by atoms with E-state index >= 15 is 0 Å². The molecule has 0 spiro atoms. The molecule has 0 heterocycles. The van der Waals surface area contributed by atoms with Crippen molar-refractivity contribution in [2.24, 2.45) is 0 Å². The maximum atomic E-state index is 2.28. The fourth-order valence-electron chi connectivity index (χ4n) is 2.20. The van der Waals surface area contributed by atoms with Gasteiger partial charge >= 0.3 is 0 Å². The van der Waals surface area contributed by atoms with Crippen molar-refractivity contribution in [3.05, 3.63) is 60.2 Å². The molecule has 0 aliphatic rings. The second-order valence-corrected chi connectivity index (χ2v) is 4.18. The van der Waals surface area contributed by atoms with Crippen molar-refractivity contribution in [1.29, 1.82) is 0 Å². The monoisotopic (exact) mass is 208 g/mol. The van der Waals surface area contributed by atoms with Crippen LogP contribution in [0.3, 0.4) is 0 Å². The summed E-state index contributed by atoms with van der Waals surface area (Å²) in [7, 11) is 0. The van der Waals surface area contributed by atoms with E-state index in [2.05, 4.69) is 68.3 Å².